The molecule has 1 rings (SSSR count). The van der Waals surface area contributed by atoms with Crippen LogP contribution in [0, 0.1) is 5.41 Å². The maximum atomic E-state index is 5.55. The highest BCUT2D eigenvalue weighted by atomic mass is 16.7. The third kappa shape index (κ3) is 2.19. The van der Waals surface area contributed by atoms with E-state index >= 15 is 0 Å². The number of hydrogen-bond donors (Lipinski definition) is 0. The van der Waals surface area contributed by atoms with E-state index in [-0.39, 0.29) is 11.7 Å². The normalized spacial score (nSPS) is 30.5. The average molecular weight is 173 g/mol. The SMILES string of the molecule is CCO[C@@H]1OCN(C)CC1(C)C. The molecule has 0 radical (unpaired) electrons. The molecule has 0 unspecified atom stereocenters. The first-order valence-corrected chi connectivity index (χ1v) is 4.48. The predicted molar refractivity (Wildman–Crippen MR) is 47.8 cm³/mol. The first-order valence-electron chi connectivity index (χ1n) is 4.48. The summed E-state index contributed by atoms with van der Waals surface area (Å²) in [6, 6.07) is 0. The van der Waals surface area contributed by atoms with Crippen molar-refractivity contribution < 1.29 is 9.47 Å². The first kappa shape index (κ1) is 9.96. The second-order valence-corrected chi connectivity index (χ2v) is 4.09. The Hall–Kier alpha value is -0.120. The maximum absolute atomic E-state index is 5.55. The molecule has 0 saturated carbocycles. The first-order chi connectivity index (χ1) is 5.56. The van der Waals surface area contributed by atoms with Gasteiger partial charge in [-0.1, -0.05) is 13.8 Å². The van der Waals surface area contributed by atoms with E-state index in [0.29, 0.717) is 6.73 Å². The van der Waals surface area contributed by atoms with Crippen molar-refractivity contribution >= 4 is 0 Å². The second kappa shape index (κ2) is 3.73. The third-order valence-electron chi connectivity index (χ3n) is 2.08. The molecule has 1 fully saturated rings. The maximum Gasteiger partial charge on any atom is 0.165 e. The van der Waals surface area contributed by atoms with Crippen molar-refractivity contribution in [2.45, 2.75) is 27.1 Å². The molecule has 0 aliphatic carbocycles. The Kier molecular flexibility index (Phi) is 3.09. The van der Waals surface area contributed by atoms with Crippen molar-refractivity contribution in [1.29, 1.82) is 0 Å². The van der Waals surface area contributed by atoms with Crippen LogP contribution in [0.4, 0.5) is 0 Å². The van der Waals surface area contributed by atoms with Crippen LogP contribution in [0.15, 0.2) is 0 Å². The van der Waals surface area contributed by atoms with Gasteiger partial charge in [-0.15, -0.1) is 0 Å². The Morgan fingerprint density at radius 1 is 1.58 bits per heavy atom. The summed E-state index contributed by atoms with van der Waals surface area (Å²) < 4.78 is 11.0. The van der Waals surface area contributed by atoms with Gasteiger partial charge in [0.1, 0.15) is 6.73 Å². The molecule has 1 saturated heterocycles. The lowest BCUT2D eigenvalue weighted by atomic mass is 9.91. The molecule has 0 amide bonds. The molecule has 3 nitrogen and oxygen atoms in total. The van der Waals surface area contributed by atoms with Gasteiger partial charge in [-0.05, 0) is 14.0 Å². The smallest absolute Gasteiger partial charge is 0.165 e. The van der Waals surface area contributed by atoms with Crippen LogP contribution in [0.25, 0.3) is 0 Å². The van der Waals surface area contributed by atoms with Gasteiger partial charge < -0.3 is 9.47 Å². The zero-order valence-electron chi connectivity index (χ0n) is 8.46. The van der Waals surface area contributed by atoms with Crippen LogP contribution in [0.1, 0.15) is 20.8 Å². The van der Waals surface area contributed by atoms with Gasteiger partial charge in [-0.2, -0.15) is 0 Å². The van der Waals surface area contributed by atoms with E-state index in [1.165, 1.54) is 0 Å². The summed E-state index contributed by atoms with van der Waals surface area (Å²) in [6.07, 6.45) is -0.0429. The van der Waals surface area contributed by atoms with Gasteiger partial charge in [0.25, 0.3) is 0 Å². The van der Waals surface area contributed by atoms with Gasteiger partial charge in [0.2, 0.25) is 0 Å². The summed E-state index contributed by atoms with van der Waals surface area (Å²) >= 11 is 0. The molecule has 0 aromatic rings. The van der Waals surface area contributed by atoms with Crippen LogP contribution < -0.4 is 0 Å². The molecule has 0 bridgehead atoms. The van der Waals surface area contributed by atoms with Gasteiger partial charge in [-0.3, -0.25) is 4.90 Å². The summed E-state index contributed by atoms with van der Waals surface area (Å²) in [5.41, 5.74) is 0.100. The van der Waals surface area contributed by atoms with Crippen LogP contribution in [0.3, 0.4) is 0 Å². The van der Waals surface area contributed by atoms with Crippen LogP contribution in [0.2, 0.25) is 0 Å². The molecule has 0 aromatic heterocycles. The summed E-state index contributed by atoms with van der Waals surface area (Å²) in [7, 11) is 2.06. The van der Waals surface area contributed by atoms with E-state index in [1.807, 2.05) is 6.92 Å². The monoisotopic (exact) mass is 173 g/mol. The van der Waals surface area contributed by atoms with Crippen LogP contribution in [0.5, 0.6) is 0 Å². The zero-order chi connectivity index (χ0) is 9.19. The van der Waals surface area contributed by atoms with E-state index < -0.39 is 0 Å². The fourth-order valence-corrected chi connectivity index (χ4v) is 1.66. The molecule has 12 heavy (non-hydrogen) atoms. The van der Waals surface area contributed by atoms with Crippen molar-refractivity contribution in [3.8, 4) is 0 Å². The van der Waals surface area contributed by atoms with E-state index in [4.69, 9.17) is 9.47 Å². The molecule has 1 atom stereocenters. The Morgan fingerprint density at radius 3 is 2.75 bits per heavy atom. The van der Waals surface area contributed by atoms with Crippen LogP contribution >= 0.6 is 0 Å². The minimum Gasteiger partial charge on any atom is -0.352 e. The van der Waals surface area contributed by atoms with Gasteiger partial charge in [0, 0.05) is 18.6 Å². The Balaban J connectivity index is 2.51. The zero-order valence-corrected chi connectivity index (χ0v) is 8.46. The van der Waals surface area contributed by atoms with Crippen molar-refractivity contribution in [2.75, 3.05) is 26.9 Å². The summed E-state index contributed by atoms with van der Waals surface area (Å²) in [5.74, 6) is 0. The minimum atomic E-state index is -0.0429. The molecular formula is C9H19NO2. The lowest BCUT2D eigenvalue weighted by molar-refractivity contribution is -0.248. The second-order valence-electron chi connectivity index (χ2n) is 4.09. The molecule has 1 aliphatic rings. The van der Waals surface area contributed by atoms with Crippen molar-refractivity contribution in [3.05, 3.63) is 0 Å². The summed E-state index contributed by atoms with van der Waals surface area (Å²) in [6.45, 7) is 8.76. The summed E-state index contributed by atoms with van der Waals surface area (Å²) in [5, 5.41) is 0. The number of rotatable bonds is 2. The fraction of sp³-hybridized carbons (Fsp3) is 1.00. The Bertz CT molecular complexity index is 147. The van der Waals surface area contributed by atoms with E-state index in [0.717, 1.165) is 13.2 Å². The van der Waals surface area contributed by atoms with Crippen molar-refractivity contribution in [3.63, 3.8) is 0 Å². The molecule has 72 valence electrons. The largest absolute Gasteiger partial charge is 0.352 e. The van der Waals surface area contributed by atoms with Crippen LogP contribution in [-0.4, -0.2) is 38.1 Å². The molecule has 0 N–H and O–H groups in total. The average Bonchev–Trinajstić information content (AvgIpc) is 1.94. The lowest BCUT2D eigenvalue weighted by Gasteiger charge is -2.41. The van der Waals surface area contributed by atoms with Gasteiger partial charge >= 0.3 is 0 Å². The van der Waals surface area contributed by atoms with Gasteiger partial charge in [0.15, 0.2) is 6.29 Å². The highest BCUT2D eigenvalue weighted by molar-refractivity contribution is 4.79. The Morgan fingerprint density at radius 2 is 2.25 bits per heavy atom. The highest BCUT2D eigenvalue weighted by Gasteiger charge is 2.36. The predicted octanol–water partition coefficient (Wildman–Crippen LogP) is 1.29. The molecule has 1 aliphatic heterocycles. The van der Waals surface area contributed by atoms with E-state index in [2.05, 4.69) is 25.8 Å². The summed E-state index contributed by atoms with van der Waals surface area (Å²) in [4.78, 5) is 2.16. The third-order valence-corrected chi connectivity index (χ3v) is 2.08. The lowest BCUT2D eigenvalue weighted by Crippen LogP contribution is -2.49. The van der Waals surface area contributed by atoms with Crippen LogP contribution in [-0.2, 0) is 9.47 Å². The Labute approximate surface area is 74.6 Å². The molecule has 3 heteroatoms. The molecule has 0 aromatic carbocycles. The van der Waals surface area contributed by atoms with Crippen molar-refractivity contribution in [1.82, 2.24) is 4.90 Å². The van der Waals surface area contributed by atoms with Gasteiger partial charge in [-0.25, -0.2) is 0 Å². The molecule has 1 heterocycles. The fourth-order valence-electron chi connectivity index (χ4n) is 1.66. The number of ether oxygens (including phenoxy) is 2. The quantitative estimate of drug-likeness (QED) is 0.628. The number of hydrogen-bond acceptors (Lipinski definition) is 3. The standard InChI is InChI=1S/C9H19NO2/c1-5-11-8-9(2,3)6-10(4)7-12-8/h8H,5-7H2,1-4H3/t8-/m1/s1. The van der Waals surface area contributed by atoms with E-state index in [1.54, 1.807) is 0 Å². The van der Waals surface area contributed by atoms with E-state index in [9.17, 15) is 0 Å². The minimum absolute atomic E-state index is 0.0429. The highest BCUT2D eigenvalue weighted by Crippen LogP contribution is 2.28. The molecular weight excluding hydrogens is 154 g/mol. The topological polar surface area (TPSA) is 21.7 Å². The van der Waals surface area contributed by atoms with Crippen molar-refractivity contribution in [2.24, 2.45) is 5.41 Å². The molecule has 0 spiro atoms. The number of nitrogens with zero attached hydrogens (tertiary/aromatic N) is 1. The van der Waals surface area contributed by atoms with Gasteiger partial charge in [0.05, 0.1) is 0 Å².